The number of nitrogens with two attached hydrogens (primary N) is 1. The largest absolute Gasteiger partial charge is 0.476 e. The average molecular weight is 267 g/mol. The van der Waals surface area contributed by atoms with E-state index in [1.807, 2.05) is 6.92 Å². The normalized spacial score (nSPS) is 17.6. The molecule has 106 valence electrons. The molecule has 2 rings (SSSR count). The molecule has 1 aromatic heterocycles. The van der Waals surface area contributed by atoms with Crippen molar-refractivity contribution in [3.05, 3.63) is 23.6 Å². The quantitative estimate of drug-likeness (QED) is 0.614. The van der Waals surface area contributed by atoms with Crippen molar-refractivity contribution in [3.63, 3.8) is 0 Å². The summed E-state index contributed by atoms with van der Waals surface area (Å²) in [5.41, 5.74) is 3.28. The van der Waals surface area contributed by atoms with Crippen LogP contribution in [0.4, 0.5) is 4.39 Å². The minimum atomic E-state index is -0.398. The summed E-state index contributed by atoms with van der Waals surface area (Å²) in [7, 11) is 0. The van der Waals surface area contributed by atoms with Crippen LogP contribution in [0.15, 0.2) is 12.3 Å². The lowest BCUT2D eigenvalue weighted by molar-refractivity contribution is 0.301. The maximum Gasteiger partial charge on any atom is 0.250 e. The molecule has 0 bridgehead atoms. The van der Waals surface area contributed by atoms with Gasteiger partial charge in [-0.25, -0.2) is 9.37 Å². The second-order valence-corrected chi connectivity index (χ2v) is 5.06. The van der Waals surface area contributed by atoms with E-state index in [4.69, 9.17) is 10.6 Å². The molecule has 1 saturated carbocycles. The highest BCUT2D eigenvalue weighted by molar-refractivity contribution is 5.26. The van der Waals surface area contributed by atoms with Gasteiger partial charge in [0.25, 0.3) is 5.88 Å². The van der Waals surface area contributed by atoms with Gasteiger partial charge in [0.1, 0.15) is 0 Å². The van der Waals surface area contributed by atoms with Crippen LogP contribution in [0.5, 0.6) is 5.88 Å². The van der Waals surface area contributed by atoms with E-state index in [-0.39, 0.29) is 11.9 Å². The number of nitrogens with one attached hydrogen (secondary N) is 1. The average Bonchev–Trinajstić information content (AvgIpc) is 2.92. The summed E-state index contributed by atoms with van der Waals surface area (Å²) in [4.78, 5) is 3.91. The van der Waals surface area contributed by atoms with Crippen LogP contribution in [0.2, 0.25) is 0 Å². The standard InChI is InChI=1S/C14H22FN3O/c1-2-19-14-13(15)11(7-8-17-14)12(18-16)9-10-5-3-4-6-10/h7-8,10,12,18H,2-6,9,16H2,1H3. The Morgan fingerprint density at radius 3 is 2.89 bits per heavy atom. The molecule has 0 amide bonds. The molecule has 0 aliphatic heterocycles. The van der Waals surface area contributed by atoms with E-state index >= 15 is 0 Å². The van der Waals surface area contributed by atoms with E-state index in [2.05, 4.69) is 10.4 Å². The van der Waals surface area contributed by atoms with Gasteiger partial charge in [0.15, 0.2) is 5.82 Å². The summed E-state index contributed by atoms with van der Waals surface area (Å²) in [5, 5.41) is 0. The van der Waals surface area contributed by atoms with Crippen LogP contribution in [0.25, 0.3) is 0 Å². The second-order valence-electron chi connectivity index (χ2n) is 5.06. The predicted molar refractivity (Wildman–Crippen MR) is 72.0 cm³/mol. The third-order valence-corrected chi connectivity index (χ3v) is 3.79. The van der Waals surface area contributed by atoms with E-state index in [0.29, 0.717) is 18.1 Å². The van der Waals surface area contributed by atoms with Gasteiger partial charge in [0.2, 0.25) is 0 Å². The number of hydrazine groups is 1. The van der Waals surface area contributed by atoms with E-state index in [0.717, 1.165) is 6.42 Å². The molecule has 1 aromatic rings. The number of ether oxygens (including phenoxy) is 1. The van der Waals surface area contributed by atoms with Gasteiger partial charge in [0.05, 0.1) is 6.61 Å². The van der Waals surface area contributed by atoms with Crippen molar-refractivity contribution >= 4 is 0 Å². The topological polar surface area (TPSA) is 60.2 Å². The Balaban J connectivity index is 2.14. The van der Waals surface area contributed by atoms with Crippen LogP contribution in [-0.4, -0.2) is 11.6 Å². The fourth-order valence-corrected chi connectivity index (χ4v) is 2.81. The van der Waals surface area contributed by atoms with Gasteiger partial charge in [0, 0.05) is 17.8 Å². The Kier molecular flexibility index (Phi) is 5.10. The smallest absolute Gasteiger partial charge is 0.250 e. The summed E-state index contributed by atoms with van der Waals surface area (Å²) < 4.78 is 19.5. The summed E-state index contributed by atoms with van der Waals surface area (Å²) in [6, 6.07) is 1.50. The number of aromatic nitrogens is 1. The van der Waals surface area contributed by atoms with Crippen LogP contribution in [0, 0.1) is 11.7 Å². The molecule has 1 aliphatic rings. The maximum atomic E-state index is 14.3. The number of rotatable bonds is 6. The van der Waals surface area contributed by atoms with E-state index in [9.17, 15) is 4.39 Å². The minimum absolute atomic E-state index is 0.0617. The number of hydrogen-bond acceptors (Lipinski definition) is 4. The minimum Gasteiger partial charge on any atom is -0.476 e. The molecule has 1 heterocycles. The molecule has 1 aliphatic carbocycles. The molecular formula is C14H22FN3O. The molecular weight excluding hydrogens is 245 g/mol. The van der Waals surface area contributed by atoms with Crippen LogP contribution in [0.3, 0.4) is 0 Å². The van der Waals surface area contributed by atoms with Crippen LogP contribution < -0.4 is 16.0 Å². The molecule has 0 saturated heterocycles. The Morgan fingerprint density at radius 1 is 1.53 bits per heavy atom. The van der Waals surface area contributed by atoms with Gasteiger partial charge in [-0.3, -0.25) is 11.3 Å². The summed E-state index contributed by atoms with van der Waals surface area (Å²) in [6.45, 7) is 2.21. The van der Waals surface area contributed by atoms with Crippen molar-refractivity contribution < 1.29 is 9.13 Å². The predicted octanol–water partition coefficient (Wildman–Crippen LogP) is 2.70. The zero-order valence-electron chi connectivity index (χ0n) is 11.4. The van der Waals surface area contributed by atoms with E-state index < -0.39 is 5.82 Å². The van der Waals surface area contributed by atoms with E-state index in [1.54, 1.807) is 12.3 Å². The molecule has 0 aromatic carbocycles. The molecule has 1 fully saturated rings. The van der Waals surface area contributed by atoms with Crippen molar-refractivity contribution in [2.24, 2.45) is 11.8 Å². The van der Waals surface area contributed by atoms with Crippen molar-refractivity contribution in [2.45, 2.75) is 45.1 Å². The monoisotopic (exact) mass is 267 g/mol. The van der Waals surface area contributed by atoms with Crippen molar-refractivity contribution in [3.8, 4) is 5.88 Å². The summed E-state index contributed by atoms with van der Waals surface area (Å²) >= 11 is 0. The summed E-state index contributed by atoms with van der Waals surface area (Å²) in [6.07, 6.45) is 7.40. The highest BCUT2D eigenvalue weighted by atomic mass is 19.1. The van der Waals surface area contributed by atoms with Gasteiger partial charge in [-0.15, -0.1) is 0 Å². The Bertz CT molecular complexity index is 408. The van der Waals surface area contributed by atoms with Crippen molar-refractivity contribution in [1.82, 2.24) is 10.4 Å². The lowest BCUT2D eigenvalue weighted by Gasteiger charge is -2.21. The number of nitrogens with zero attached hydrogens (tertiary/aromatic N) is 1. The number of pyridine rings is 1. The SMILES string of the molecule is CCOc1nccc(C(CC2CCCC2)NN)c1F. The first-order chi connectivity index (χ1) is 9.26. The lowest BCUT2D eigenvalue weighted by atomic mass is 9.94. The van der Waals surface area contributed by atoms with Crippen LogP contribution >= 0.6 is 0 Å². The van der Waals surface area contributed by atoms with Crippen molar-refractivity contribution in [1.29, 1.82) is 0 Å². The molecule has 0 radical (unpaired) electrons. The molecule has 4 nitrogen and oxygen atoms in total. The van der Waals surface area contributed by atoms with Crippen molar-refractivity contribution in [2.75, 3.05) is 6.61 Å². The van der Waals surface area contributed by atoms with Gasteiger partial charge in [-0.2, -0.15) is 0 Å². The van der Waals surface area contributed by atoms with Gasteiger partial charge < -0.3 is 4.74 Å². The first-order valence-electron chi connectivity index (χ1n) is 6.99. The molecule has 5 heteroatoms. The molecule has 3 N–H and O–H groups in total. The van der Waals surface area contributed by atoms with E-state index in [1.165, 1.54) is 25.7 Å². The molecule has 19 heavy (non-hydrogen) atoms. The Labute approximate surface area is 113 Å². The second kappa shape index (κ2) is 6.82. The zero-order chi connectivity index (χ0) is 13.7. The summed E-state index contributed by atoms with van der Waals surface area (Å²) in [5.74, 6) is 5.89. The Morgan fingerprint density at radius 2 is 2.26 bits per heavy atom. The molecule has 0 spiro atoms. The third-order valence-electron chi connectivity index (χ3n) is 3.79. The van der Waals surface area contributed by atoms with Gasteiger partial charge in [-0.1, -0.05) is 25.7 Å². The number of hydrogen-bond donors (Lipinski definition) is 2. The lowest BCUT2D eigenvalue weighted by Crippen LogP contribution is -2.30. The first kappa shape index (κ1) is 14.2. The Hall–Kier alpha value is -1.20. The van der Waals surface area contributed by atoms with Crippen LogP contribution in [-0.2, 0) is 0 Å². The van der Waals surface area contributed by atoms with Crippen LogP contribution in [0.1, 0.15) is 50.6 Å². The number of halogens is 1. The fraction of sp³-hybridized carbons (Fsp3) is 0.643. The molecule has 1 atom stereocenters. The zero-order valence-corrected chi connectivity index (χ0v) is 11.4. The van der Waals surface area contributed by atoms with Gasteiger partial charge in [-0.05, 0) is 25.3 Å². The first-order valence-corrected chi connectivity index (χ1v) is 6.99. The van der Waals surface area contributed by atoms with Gasteiger partial charge >= 0.3 is 0 Å². The highest BCUT2D eigenvalue weighted by Gasteiger charge is 2.24. The maximum absolute atomic E-state index is 14.3. The highest BCUT2D eigenvalue weighted by Crippen LogP contribution is 2.34. The third kappa shape index (κ3) is 3.42. The fourth-order valence-electron chi connectivity index (χ4n) is 2.81. The molecule has 1 unspecified atom stereocenters.